The standard InChI is InChI=1S/C15H23NO2S/c1-12-7-3-6-10-14(12)15(16-2)11-19(17,18)13-8-4-5-9-13/h3,6-7,10,13,15-16H,4-5,8-9,11H2,1-2H3. The van der Waals surface area contributed by atoms with Gasteiger partial charge in [-0.2, -0.15) is 0 Å². The van der Waals surface area contributed by atoms with Gasteiger partial charge in [0.05, 0.1) is 11.0 Å². The third-order valence-corrected chi connectivity index (χ3v) is 6.41. The summed E-state index contributed by atoms with van der Waals surface area (Å²) in [6.07, 6.45) is 3.79. The maximum Gasteiger partial charge on any atom is 0.155 e. The van der Waals surface area contributed by atoms with Crippen LogP contribution in [0.3, 0.4) is 0 Å². The number of aryl methyl sites for hydroxylation is 1. The molecule has 0 heterocycles. The molecule has 106 valence electrons. The van der Waals surface area contributed by atoms with Gasteiger partial charge in [-0.3, -0.25) is 0 Å². The molecule has 1 atom stereocenters. The first-order valence-corrected chi connectivity index (χ1v) is 8.70. The Morgan fingerprint density at radius 3 is 2.47 bits per heavy atom. The lowest BCUT2D eigenvalue weighted by molar-refractivity contribution is 0.559. The van der Waals surface area contributed by atoms with Gasteiger partial charge in [-0.25, -0.2) is 8.42 Å². The van der Waals surface area contributed by atoms with Crippen molar-refractivity contribution >= 4 is 9.84 Å². The maximum absolute atomic E-state index is 12.4. The molecule has 1 unspecified atom stereocenters. The summed E-state index contributed by atoms with van der Waals surface area (Å²) in [6, 6.07) is 7.89. The first-order chi connectivity index (χ1) is 9.04. The van der Waals surface area contributed by atoms with Crippen LogP contribution in [0.1, 0.15) is 42.9 Å². The largest absolute Gasteiger partial charge is 0.312 e. The molecule has 1 aliphatic rings. The van der Waals surface area contributed by atoms with Crippen LogP contribution in [-0.4, -0.2) is 26.5 Å². The number of sulfone groups is 1. The Hall–Kier alpha value is -0.870. The van der Waals surface area contributed by atoms with E-state index in [9.17, 15) is 8.42 Å². The highest BCUT2D eigenvalue weighted by Crippen LogP contribution is 2.28. The second-order valence-corrected chi connectivity index (χ2v) is 7.76. The lowest BCUT2D eigenvalue weighted by Crippen LogP contribution is -2.30. The fraction of sp³-hybridized carbons (Fsp3) is 0.600. The molecule has 4 heteroatoms. The van der Waals surface area contributed by atoms with E-state index in [1.807, 2.05) is 38.2 Å². The summed E-state index contributed by atoms with van der Waals surface area (Å²) in [5.74, 6) is 0.207. The van der Waals surface area contributed by atoms with Gasteiger partial charge in [-0.1, -0.05) is 37.1 Å². The molecule has 0 radical (unpaired) electrons. The van der Waals surface area contributed by atoms with Gasteiger partial charge in [-0.05, 0) is 37.9 Å². The van der Waals surface area contributed by atoms with Gasteiger partial charge < -0.3 is 5.32 Å². The van der Waals surface area contributed by atoms with Gasteiger partial charge in [0.2, 0.25) is 0 Å². The number of hydrogen-bond donors (Lipinski definition) is 1. The highest BCUT2D eigenvalue weighted by molar-refractivity contribution is 7.92. The Balaban J connectivity index is 2.17. The summed E-state index contributed by atoms with van der Waals surface area (Å²) in [6.45, 7) is 2.03. The molecule has 0 aromatic heterocycles. The van der Waals surface area contributed by atoms with E-state index in [1.165, 1.54) is 0 Å². The summed E-state index contributed by atoms with van der Waals surface area (Å²) >= 11 is 0. The number of nitrogens with one attached hydrogen (secondary N) is 1. The Morgan fingerprint density at radius 1 is 1.26 bits per heavy atom. The molecule has 0 spiro atoms. The molecule has 2 rings (SSSR count). The smallest absolute Gasteiger partial charge is 0.155 e. The van der Waals surface area contributed by atoms with E-state index in [0.29, 0.717) is 0 Å². The molecule has 1 fully saturated rings. The predicted octanol–water partition coefficient (Wildman–Crippen LogP) is 2.61. The minimum Gasteiger partial charge on any atom is -0.312 e. The minimum atomic E-state index is -3.00. The van der Waals surface area contributed by atoms with Crippen molar-refractivity contribution in [2.24, 2.45) is 0 Å². The zero-order valence-corrected chi connectivity index (χ0v) is 12.5. The van der Waals surface area contributed by atoms with Crippen LogP contribution in [0.4, 0.5) is 0 Å². The van der Waals surface area contributed by atoms with Crippen molar-refractivity contribution in [2.75, 3.05) is 12.8 Å². The van der Waals surface area contributed by atoms with Crippen molar-refractivity contribution in [2.45, 2.75) is 43.9 Å². The van der Waals surface area contributed by atoms with Gasteiger partial charge in [0.25, 0.3) is 0 Å². The fourth-order valence-corrected chi connectivity index (χ4v) is 5.06. The second kappa shape index (κ2) is 6.06. The van der Waals surface area contributed by atoms with E-state index >= 15 is 0 Å². The quantitative estimate of drug-likeness (QED) is 0.902. The van der Waals surface area contributed by atoms with Crippen LogP contribution in [0, 0.1) is 6.92 Å². The molecule has 0 saturated heterocycles. The fourth-order valence-electron chi connectivity index (χ4n) is 2.92. The van der Waals surface area contributed by atoms with Gasteiger partial charge in [0.1, 0.15) is 0 Å². The molecule has 1 aromatic carbocycles. The summed E-state index contributed by atoms with van der Waals surface area (Å²) in [4.78, 5) is 0. The van der Waals surface area contributed by atoms with Gasteiger partial charge >= 0.3 is 0 Å². The van der Waals surface area contributed by atoms with Gasteiger partial charge in [0.15, 0.2) is 9.84 Å². The first kappa shape index (κ1) is 14.5. The van der Waals surface area contributed by atoms with E-state index in [0.717, 1.165) is 36.8 Å². The van der Waals surface area contributed by atoms with E-state index < -0.39 is 9.84 Å². The molecule has 0 amide bonds. The number of benzene rings is 1. The van der Waals surface area contributed by atoms with Crippen molar-refractivity contribution in [3.8, 4) is 0 Å². The summed E-state index contributed by atoms with van der Waals surface area (Å²) in [7, 11) is -1.16. The van der Waals surface area contributed by atoms with Crippen LogP contribution >= 0.6 is 0 Å². The van der Waals surface area contributed by atoms with Crippen LogP contribution < -0.4 is 5.32 Å². The van der Waals surface area contributed by atoms with E-state index in [1.54, 1.807) is 0 Å². The Kier molecular flexibility index (Phi) is 4.63. The Morgan fingerprint density at radius 2 is 1.89 bits per heavy atom. The molecular formula is C15H23NO2S. The van der Waals surface area contributed by atoms with E-state index in [4.69, 9.17) is 0 Å². The average Bonchev–Trinajstić information content (AvgIpc) is 2.91. The highest BCUT2D eigenvalue weighted by atomic mass is 32.2. The lowest BCUT2D eigenvalue weighted by Gasteiger charge is -2.21. The molecule has 0 aliphatic heterocycles. The maximum atomic E-state index is 12.4. The third-order valence-electron chi connectivity index (χ3n) is 4.12. The van der Waals surface area contributed by atoms with Crippen LogP contribution in [0.25, 0.3) is 0 Å². The molecule has 1 N–H and O–H groups in total. The molecule has 0 bridgehead atoms. The Bertz CT molecular complexity index is 519. The van der Waals surface area contributed by atoms with Gasteiger partial charge in [-0.15, -0.1) is 0 Å². The normalized spacial score (nSPS) is 18.6. The van der Waals surface area contributed by atoms with E-state index in [-0.39, 0.29) is 17.0 Å². The average molecular weight is 281 g/mol. The number of rotatable bonds is 5. The molecular weight excluding hydrogens is 258 g/mol. The van der Waals surface area contributed by atoms with Gasteiger partial charge in [0, 0.05) is 6.04 Å². The molecule has 1 aliphatic carbocycles. The summed E-state index contributed by atoms with van der Waals surface area (Å²) in [5, 5.41) is 3.04. The topological polar surface area (TPSA) is 46.2 Å². The summed E-state index contributed by atoms with van der Waals surface area (Å²) in [5.41, 5.74) is 2.23. The zero-order valence-electron chi connectivity index (χ0n) is 11.7. The SMILES string of the molecule is CNC(CS(=O)(=O)C1CCCC1)c1ccccc1C. The third kappa shape index (κ3) is 3.37. The Labute approximate surface area is 116 Å². The molecule has 19 heavy (non-hydrogen) atoms. The molecule has 1 saturated carbocycles. The first-order valence-electron chi connectivity index (χ1n) is 6.99. The van der Waals surface area contributed by atoms with Crippen LogP contribution in [0.5, 0.6) is 0 Å². The van der Waals surface area contributed by atoms with Crippen molar-refractivity contribution in [3.63, 3.8) is 0 Å². The monoisotopic (exact) mass is 281 g/mol. The lowest BCUT2D eigenvalue weighted by atomic mass is 10.0. The predicted molar refractivity (Wildman–Crippen MR) is 79.0 cm³/mol. The van der Waals surface area contributed by atoms with Crippen molar-refractivity contribution in [1.82, 2.24) is 5.32 Å². The van der Waals surface area contributed by atoms with Crippen molar-refractivity contribution in [1.29, 1.82) is 0 Å². The van der Waals surface area contributed by atoms with Crippen LogP contribution in [0.2, 0.25) is 0 Å². The molecule has 1 aromatic rings. The number of hydrogen-bond acceptors (Lipinski definition) is 3. The van der Waals surface area contributed by atoms with Crippen LogP contribution in [0.15, 0.2) is 24.3 Å². The van der Waals surface area contributed by atoms with Crippen LogP contribution in [-0.2, 0) is 9.84 Å². The molecule has 3 nitrogen and oxygen atoms in total. The van der Waals surface area contributed by atoms with Crippen molar-refractivity contribution < 1.29 is 8.42 Å². The summed E-state index contributed by atoms with van der Waals surface area (Å²) < 4.78 is 24.9. The zero-order chi connectivity index (χ0) is 13.9. The van der Waals surface area contributed by atoms with E-state index in [2.05, 4.69) is 5.32 Å². The minimum absolute atomic E-state index is 0.105. The highest BCUT2D eigenvalue weighted by Gasteiger charge is 2.31. The van der Waals surface area contributed by atoms with Crippen molar-refractivity contribution in [3.05, 3.63) is 35.4 Å². The second-order valence-electron chi connectivity index (χ2n) is 5.43.